The molecule has 0 bridgehead atoms. The van der Waals surface area contributed by atoms with Crippen LogP contribution >= 0.6 is 34.2 Å². The average molecular weight is 471 g/mol. The molecule has 0 saturated carbocycles. The monoisotopic (exact) mass is 470 g/mol. The molecule has 1 N–H and O–H groups in total. The van der Waals surface area contributed by atoms with Crippen LogP contribution in [0.3, 0.4) is 0 Å². The van der Waals surface area contributed by atoms with E-state index in [4.69, 9.17) is 11.6 Å². The van der Waals surface area contributed by atoms with Gasteiger partial charge in [0.05, 0.1) is 11.6 Å². The Morgan fingerprint density at radius 2 is 2.00 bits per heavy atom. The highest BCUT2D eigenvalue weighted by atomic mass is 127. The quantitative estimate of drug-likeness (QED) is 0.696. The maximum absolute atomic E-state index is 12.3. The SMILES string of the molecule is Cc1cc(I)ccc1NC(=O)CN1CCN(c2ccc(Cl)cn2)CC1. The second-order valence-corrected chi connectivity index (χ2v) is 7.79. The summed E-state index contributed by atoms with van der Waals surface area (Å²) in [5, 5.41) is 3.65. The van der Waals surface area contributed by atoms with Gasteiger partial charge in [-0.1, -0.05) is 11.6 Å². The number of hydrogen-bond donors (Lipinski definition) is 1. The van der Waals surface area contributed by atoms with Crippen molar-refractivity contribution in [2.75, 3.05) is 42.9 Å². The zero-order chi connectivity index (χ0) is 17.8. The summed E-state index contributed by atoms with van der Waals surface area (Å²) >= 11 is 8.15. The highest BCUT2D eigenvalue weighted by Crippen LogP contribution is 2.18. The van der Waals surface area contributed by atoms with Crippen molar-refractivity contribution in [2.24, 2.45) is 0 Å². The first-order valence-electron chi connectivity index (χ1n) is 8.16. The molecule has 1 aliphatic rings. The van der Waals surface area contributed by atoms with E-state index < -0.39 is 0 Å². The Morgan fingerprint density at radius 3 is 2.64 bits per heavy atom. The molecule has 0 unspecified atom stereocenters. The minimum Gasteiger partial charge on any atom is -0.354 e. The summed E-state index contributed by atoms with van der Waals surface area (Å²) < 4.78 is 1.17. The number of aromatic nitrogens is 1. The molecule has 1 amide bonds. The zero-order valence-corrected chi connectivity index (χ0v) is 16.9. The number of halogens is 2. The van der Waals surface area contributed by atoms with Gasteiger partial charge < -0.3 is 10.2 Å². The summed E-state index contributed by atoms with van der Waals surface area (Å²) in [5.74, 6) is 0.963. The van der Waals surface area contributed by atoms with Gasteiger partial charge in [0.25, 0.3) is 0 Å². The maximum atomic E-state index is 12.3. The van der Waals surface area contributed by atoms with Gasteiger partial charge in [-0.05, 0) is 65.4 Å². The molecule has 1 aromatic carbocycles. The third-order valence-electron chi connectivity index (χ3n) is 4.24. The fourth-order valence-electron chi connectivity index (χ4n) is 2.85. The molecule has 0 spiro atoms. The van der Waals surface area contributed by atoms with Gasteiger partial charge in [-0.15, -0.1) is 0 Å². The Kier molecular flexibility index (Phi) is 6.14. The van der Waals surface area contributed by atoms with Crippen molar-refractivity contribution in [2.45, 2.75) is 6.92 Å². The predicted molar refractivity (Wildman–Crippen MR) is 110 cm³/mol. The highest BCUT2D eigenvalue weighted by Gasteiger charge is 2.20. The number of rotatable bonds is 4. The molecule has 1 aromatic heterocycles. The minimum atomic E-state index is 0.0300. The van der Waals surface area contributed by atoms with Gasteiger partial charge in [0.2, 0.25) is 5.91 Å². The first-order valence-corrected chi connectivity index (χ1v) is 9.62. The zero-order valence-electron chi connectivity index (χ0n) is 14.0. The van der Waals surface area contributed by atoms with Crippen LogP contribution in [0.15, 0.2) is 36.5 Å². The van der Waals surface area contributed by atoms with Crippen LogP contribution < -0.4 is 10.2 Å². The van der Waals surface area contributed by atoms with Crippen LogP contribution in [0.2, 0.25) is 5.02 Å². The van der Waals surface area contributed by atoms with E-state index in [0.717, 1.165) is 43.2 Å². The lowest BCUT2D eigenvalue weighted by molar-refractivity contribution is -0.117. The maximum Gasteiger partial charge on any atom is 0.238 e. The lowest BCUT2D eigenvalue weighted by Gasteiger charge is -2.35. The van der Waals surface area contributed by atoms with Crippen LogP contribution in [0.5, 0.6) is 0 Å². The molecule has 0 radical (unpaired) electrons. The number of hydrogen-bond acceptors (Lipinski definition) is 4. The van der Waals surface area contributed by atoms with E-state index in [9.17, 15) is 4.79 Å². The smallest absolute Gasteiger partial charge is 0.238 e. The second-order valence-electron chi connectivity index (χ2n) is 6.11. The molecule has 0 atom stereocenters. The molecule has 1 aliphatic heterocycles. The van der Waals surface area contributed by atoms with Crippen molar-refractivity contribution < 1.29 is 4.79 Å². The molecule has 7 heteroatoms. The fourth-order valence-corrected chi connectivity index (χ4v) is 3.61. The van der Waals surface area contributed by atoms with E-state index >= 15 is 0 Å². The normalized spacial score (nSPS) is 15.2. The topological polar surface area (TPSA) is 48.5 Å². The van der Waals surface area contributed by atoms with Gasteiger partial charge in [-0.2, -0.15) is 0 Å². The molecule has 5 nitrogen and oxygen atoms in total. The highest BCUT2D eigenvalue weighted by molar-refractivity contribution is 14.1. The number of piperazine rings is 1. The van der Waals surface area contributed by atoms with Gasteiger partial charge in [0.1, 0.15) is 5.82 Å². The number of nitrogens with zero attached hydrogens (tertiary/aromatic N) is 3. The molecule has 25 heavy (non-hydrogen) atoms. The lowest BCUT2D eigenvalue weighted by atomic mass is 10.2. The average Bonchev–Trinajstić information content (AvgIpc) is 2.59. The summed E-state index contributed by atoms with van der Waals surface area (Å²) in [6, 6.07) is 9.81. The largest absolute Gasteiger partial charge is 0.354 e. The first-order chi connectivity index (χ1) is 12.0. The van der Waals surface area contributed by atoms with Crippen LogP contribution in [0.25, 0.3) is 0 Å². The summed E-state index contributed by atoms with van der Waals surface area (Å²) in [6.45, 7) is 5.80. The van der Waals surface area contributed by atoms with Gasteiger partial charge in [-0.3, -0.25) is 9.69 Å². The van der Waals surface area contributed by atoms with Gasteiger partial charge in [-0.25, -0.2) is 4.98 Å². The molecule has 1 fully saturated rings. The molecule has 0 aliphatic carbocycles. The Hall–Kier alpha value is -1.38. The second kappa shape index (κ2) is 8.33. The van der Waals surface area contributed by atoms with Crippen molar-refractivity contribution in [3.63, 3.8) is 0 Å². The molecule has 2 heterocycles. The van der Waals surface area contributed by atoms with E-state index in [1.165, 1.54) is 3.57 Å². The number of nitrogens with one attached hydrogen (secondary N) is 1. The third kappa shape index (κ3) is 5.05. The van der Waals surface area contributed by atoms with Crippen molar-refractivity contribution in [3.05, 3.63) is 50.7 Å². The standard InChI is InChI=1S/C18H20ClIN4O/c1-13-10-15(20)3-4-16(13)22-18(25)12-23-6-8-24(9-7-23)17-5-2-14(19)11-21-17/h2-5,10-11H,6-9,12H2,1H3,(H,22,25). The van der Waals surface area contributed by atoms with E-state index in [1.807, 2.05) is 31.2 Å². The van der Waals surface area contributed by atoms with Crippen LogP contribution in [-0.4, -0.2) is 48.5 Å². The van der Waals surface area contributed by atoms with Crippen molar-refractivity contribution >= 4 is 51.6 Å². The molecule has 3 rings (SSSR count). The first kappa shape index (κ1) is 18.4. The number of benzene rings is 1. The predicted octanol–water partition coefficient (Wildman–Crippen LogP) is 3.41. The third-order valence-corrected chi connectivity index (χ3v) is 5.13. The van der Waals surface area contributed by atoms with Gasteiger partial charge >= 0.3 is 0 Å². The molecular weight excluding hydrogens is 451 g/mol. The lowest BCUT2D eigenvalue weighted by Crippen LogP contribution is -2.48. The molecule has 1 saturated heterocycles. The Morgan fingerprint density at radius 1 is 1.24 bits per heavy atom. The Balaban J connectivity index is 1.50. The number of carbonyl (C=O) groups excluding carboxylic acids is 1. The summed E-state index contributed by atoms with van der Waals surface area (Å²) in [7, 11) is 0. The van der Waals surface area contributed by atoms with E-state index in [0.29, 0.717) is 11.6 Å². The number of anilines is 2. The van der Waals surface area contributed by atoms with Gasteiger partial charge in [0, 0.05) is 41.6 Å². The molecule has 132 valence electrons. The van der Waals surface area contributed by atoms with E-state index in [2.05, 4.69) is 48.8 Å². The Bertz CT molecular complexity index is 745. The summed E-state index contributed by atoms with van der Waals surface area (Å²) in [5.41, 5.74) is 1.97. The minimum absolute atomic E-state index is 0.0300. The van der Waals surface area contributed by atoms with Gasteiger partial charge in [0.15, 0.2) is 0 Å². The number of carbonyl (C=O) groups is 1. The molecular formula is C18H20ClIN4O. The van der Waals surface area contributed by atoms with Crippen LogP contribution in [0.1, 0.15) is 5.56 Å². The fraction of sp³-hybridized carbons (Fsp3) is 0.333. The van der Waals surface area contributed by atoms with Crippen molar-refractivity contribution in [1.29, 1.82) is 0 Å². The van der Waals surface area contributed by atoms with Crippen molar-refractivity contribution in [3.8, 4) is 0 Å². The van der Waals surface area contributed by atoms with Crippen LogP contribution in [0.4, 0.5) is 11.5 Å². The number of amides is 1. The number of pyridine rings is 1. The van der Waals surface area contributed by atoms with Crippen LogP contribution in [0, 0.1) is 10.5 Å². The number of aryl methyl sites for hydroxylation is 1. The van der Waals surface area contributed by atoms with Crippen molar-refractivity contribution in [1.82, 2.24) is 9.88 Å². The Labute approximate surface area is 166 Å². The summed E-state index contributed by atoms with van der Waals surface area (Å²) in [6.07, 6.45) is 1.67. The summed E-state index contributed by atoms with van der Waals surface area (Å²) in [4.78, 5) is 21.1. The van der Waals surface area contributed by atoms with Crippen LogP contribution in [-0.2, 0) is 4.79 Å². The van der Waals surface area contributed by atoms with E-state index in [-0.39, 0.29) is 5.91 Å². The molecule has 2 aromatic rings. The van der Waals surface area contributed by atoms with E-state index in [1.54, 1.807) is 6.20 Å².